The number of thiophene rings is 1. The van der Waals surface area contributed by atoms with Crippen molar-refractivity contribution in [3.05, 3.63) is 64.7 Å². The van der Waals surface area contributed by atoms with Gasteiger partial charge in [0.05, 0.1) is 23.9 Å². The minimum Gasteiger partial charge on any atom is -0.464 e. The minimum absolute atomic E-state index is 0.0607. The molecule has 32 heavy (non-hydrogen) atoms. The van der Waals surface area contributed by atoms with Gasteiger partial charge in [0.1, 0.15) is 10.5 Å². The Kier molecular flexibility index (Phi) is 6.15. The van der Waals surface area contributed by atoms with Gasteiger partial charge in [0.15, 0.2) is 5.16 Å². The number of carbonyl (C=O) groups is 2. The number of hydrogen-bond donors (Lipinski definition) is 1. The SMILES string of the molecule is COC(=O)c1cc(NC(=O)CSc2nc3sc(-c4ccccc4)cc3c(=O)n2C)cn1C. The monoisotopic (exact) mass is 468 g/mol. The van der Waals surface area contributed by atoms with Crippen LogP contribution in [0.15, 0.2) is 58.6 Å². The Morgan fingerprint density at radius 1 is 1.19 bits per heavy atom. The Hall–Kier alpha value is -3.37. The molecule has 1 amide bonds. The molecule has 0 radical (unpaired) electrons. The Balaban J connectivity index is 1.50. The number of aromatic nitrogens is 3. The third-order valence-corrected chi connectivity index (χ3v) is 6.91. The largest absolute Gasteiger partial charge is 0.464 e. The zero-order valence-electron chi connectivity index (χ0n) is 17.6. The highest BCUT2D eigenvalue weighted by Crippen LogP contribution is 2.32. The molecule has 8 nitrogen and oxygen atoms in total. The third-order valence-electron chi connectivity index (χ3n) is 4.81. The summed E-state index contributed by atoms with van der Waals surface area (Å²) in [6, 6.07) is 13.2. The lowest BCUT2D eigenvalue weighted by atomic mass is 10.2. The van der Waals surface area contributed by atoms with E-state index in [-0.39, 0.29) is 17.2 Å². The van der Waals surface area contributed by atoms with Crippen LogP contribution in [0, 0.1) is 0 Å². The van der Waals surface area contributed by atoms with Crippen LogP contribution >= 0.6 is 23.1 Å². The molecule has 10 heteroatoms. The van der Waals surface area contributed by atoms with Crippen molar-refractivity contribution in [2.75, 3.05) is 18.2 Å². The van der Waals surface area contributed by atoms with Crippen LogP contribution in [0.25, 0.3) is 20.7 Å². The lowest BCUT2D eigenvalue weighted by Gasteiger charge is -2.07. The quantitative estimate of drug-likeness (QED) is 0.264. The highest BCUT2D eigenvalue weighted by Gasteiger charge is 2.16. The van der Waals surface area contributed by atoms with Crippen LogP contribution < -0.4 is 10.9 Å². The number of ether oxygens (including phenoxy) is 1. The minimum atomic E-state index is -0.485. The van der Waals surface area contributed by atoms with Crippen molar-refractivity contribution >= 4 is 50.9 Å². The van der Waals surface area contributed by atoms with Crippen LogP contribution in [0.4, 0.5) is 5.69 Å². The first-order valence-electron chi connectivity index (χ1n) is 9.60. The number of rotatable bonds is 6. The molecule has 0 saturated heterocycles. The number of anilines is 1. The molecule has 0 unspecified atom stereocenters. The molecule has 3 heterocycles. The second-order valence-electron chi connectivity index (χ2n) is 7.01. The summed E-state index contributed by atoms with van der Waals surface area (Å²) < 4.78 is 7.75. The number of aryl methyl sites for hydroxylation is 1. The first-order valence-corrected chi connectivity index (χ1v) is 11.4. The van der Waals surface area contributed by atoms with E-state index in [1.165, 1.54) is 34.8 Å². The van der Waals surface area contributed by atoms with Crippen molar-refractivity contribution in [1.29, 1.82) is 0 Å². The molecule has 0 aliphatic carbocycles. The van der Waals surface area contributed by atoms with E-state index < -0.39 is 5.97 Å². The normalized spacial score (nSPS) is 11.0. The number of hydrogen-bond acceptors (Lipinski definition) is 7. The van der Waals surface area contributed by atoms with Crippen molar-refractivity contribution in [3.63, 3.8) is 0 Å². The van der Waals surface area contributed by atoms with Crippen molar-refractivity contribution < 1.29 is 14.3 Å². The van der Waals surface area contributed by atoms with Crippen LogP contribution in [0.3, 0.4) is 0 Å². The Morgan fingerprint density at radius 2 is 1.94 bits per heavy atom. The van der Waals surface area contributed by atoms with Crippen molar-refractivity contribution in [3.8, 4) is 10.4 Å². The molecule has 0 atom stereocenters. The number of fused-ring (bicyclic) bond motifs is 1. The number of nitrogens with one attached hydrogen (secondary N) is 1. The molecule has 0 aliphatic rings. The molecule has 4 aromatic rings. The predicted molar refractivity (Wildman–Crippen MR) is 126 cm³/mol. The Bertz CT molecular complexity index is 1370. The van der Waals surface area contributed by atoms with Crippen LogP contribution in [0.2, 0.25) is 0 Å². The fourth-order valence-electron chi connectivity index (χ4n) is 3.19. The zero-order valence-corrected chi connectivity index (χ0v) is 19.3. The molecular formula is C22H20N4O4S2. The van der Waals surface area contributed by atoms with Gasteiger partial charge in [0.2, 0.25) is 5.91 Å². The maximum Gasteiger partial charge on any atom is 0.354 e. The van der Waals surface area contributed by atoms with Crippen LogP contribution in [0.5, 0.6) is 0 Å². The molecule has 3 aromatic heterocycles. The smallest absolute Gasteiger partial charge is 0.354 e. The van der Waals surface area contributed by atoms with Gasteiger partial charge >= 0.3 is 5.97 Å². The van der Waals surface area contributed by atoms with Gasteiger partial charge in [-0.05, 0) is 17.7 Å². The Labute approximate surface area is 191 Å². The molecule has 0 saturated carbocycles. The van der Waals surface area contributed by atoms with Gasteiger partial charge in [-0.25, -0.2) is 9.78 Å². The standard InChI is InChI=1S/C22H20N4O4S2/c1-25-11-14(9-16(25)21(29)30-3)23-18(27)12-31-22-24-19-15(20(28)26(22)2)10-17(32-19)13-7-5-4-6-8-13/h4-11H,12H2,1-3H3,(H,23,27). The summed E-state index contributed by atoms with van der Waals surface area (Å²) in [6.45, 7) is 0. The molecule has 0 bridgehead atoms. The van der Waals surface area contributed by atoms with E-state index in [4.69, 9.17) is 4.74 Å². The lowest BCUT2D eigenvalue weighted by molar-refractivity contribution is -0.113. The predicted octanol–water partition coefficient (Wildman–Crippen LogP) is 3.52. The fourth-order valence-corrected chi connectivity index (χ4v) is 5.04. The number of nitrogens with zero attached hydrogens (tertiary/aromatic N) is 3. The van der Waals surface area contributed by atoms with E-state index >= 15 is 0 Å². The third kappa shape index (κ3) is 4.32. The summed E-state index contributed by atoms with van der Waals surface area (Å²) in [6.07, 6.45) is 1.63. The van der Waals surface area contributed by atoms with Crippen molar-refractivity contribution in [2.24, 2.45) is 14.1 Å². The molecule has 164 valence electrons. The van der Waals surface area contributed by atoms with Gasteiger partial charge < -0.3 is 14.6 Å². The number of esters is 1. The van der Waals surface area contributed by atoms with Gasteiger partial charge in [0.25, 0.3) is 5.56 Å². The maximum atomic E-state index is 12.8. The van der Waals surface area contributed by atoms with Crippen LogP contribution in [-0.4, -0.2) is 38.9 Å². The number of carbonyl (C=O) groups excluding carboxylic acids is 2. The number of methoxy groups -OCH3 is 1. The Morgan fingerprint density at radius 3 is 2.66 bits per heavy atom. The first-order chi connectivity index (χ1) is 15.4. The molecular weight excluding hydrogens is 448 g/mol. The second-order valence-corrected chi connectivity index (χ2v) is 8.98. The van der Waals surface area contributed by atoms with Gasteiger partial charge in [-0.3, -0.25) is 14.2 Å². The van der Waals surface area contributed by atoms with Gasteiger partial charge in [0, 0.05) is 25.2 Å². The van der Waals surface area contributed by atoms with Crippen molar-refractivity contribution in [1.82, 2.24) is 14.1 Å². The summed E-state index contributed by atoms with van der Waals surface area (Å²) in [5.41, 5.74) is 1.70. The van der Waals surface area contributed by atoms with E-state index in [9.17, 15) is 14.4 Å². The molecule has 1 N–H and O–H groups in total. The topological polar surface area (TPSA) is 95.2 Å². The maximum absolute atomic E-state index is 12.8. The van der Waals surface area contributed by atoms with Gasteiger partial charge in [-0.2, -0.15) is 0 Å². The highest BCUT2D eigenvalue weighted by molar-refractivity contribution is 7.99. The second kappa shape index (κ2) is 9.01. The zero-order chi connectivity index (χ0) is 22.8. The lowest BCUT2D eigenvalue weighted by Crippen LogP contribution is -2.20. The first kappa shape index (κ1) is 21.8. The van der Waals surface area contributed by atoms with E-state index in [0.717, 1.165) is 10.4 Å². The highest BCUT2D eigenvalue weighted by atomic mass is 32.2. The average molecular weight is 469 g/mol. The summed E-state index contributed by atoms with van der Waals surface area (Å²) >= 11 is 2.63. The van der Waals surface area contributed by atoms with E-state index in [2.05, 4.69) is 10.3 Å². The van der Waals surface area contributed by atoms with Crippen molar-refractivity contribution in [2.45, 2.75) is 5.16 Å². The fraction of sp³-hybridized carbons (Fsp3) is 0.182. The molecule has 0 spiro atoms. The van der Waals surface area contributed by atoms with Gasteiger partial charge in [-0.15, -0.1) is 11.3 Å². The van der Waals surface area contributed by atoms with Gasteiger partial charge in [-0.1, -0.05) is 42.1 Å². The summed E-state index contributed by atoms with van der Waals surface area (Å²) in [5.74, 6) is -0.700. The van der Waals surface area contributed by atoms with E-state index in [0.29, 0.717) is 26.8 Å². The summed E-state index contributed by atoms with van der Waals surface area (Å²) in [5, 5.41) is 3.77. The molecule has 1 aromatic carbocycles. The van der Waals surface area contributed by atoms with Crippen LogP contribution in [0.1, 0.15) is 10.5 Å². The molecule has 4 rings (SSSR count). The summed E-state index contributed by atoms with van der Waals surface area (Å²) in [7, 11) is 4.64. The van der Waals surface area contributed by atoms with E-state index in [1.54, 1.807) is 30.9 Å². The number of amides is 1. The number of benzene rings is 1. The summed E-state index contributed by atoms with van der Waals surface area (Å²) in [4.78, 5) is 43.2. The number of thioether (sulfide) groups is 1. The molecule has 0 fully saturated rings. The average Bonchev–Trinajstić information content (AvgIpc) is 3.38. The van der Waals surface area contributed by atoms with E-state index in [1.807, 2.05) is 36.4 Å². The van der Waals surface area contributed by atoms with Crippen LogP contribution in [-0.2, 0) is 23.6 Å². The molecule has 0 aliphatic heterocycles.